The Morgan fingerprint density at radius 2 is 2.08 bits per heavy atom. The van der Waals surface area contributed by atoms with E-state index in [-0.39, 0.29) is 5.91 Å². The van der Waals surface area contributed by atoms with Gasteiger partial charge in [-0.25, -0.2) is 4.98 Å². The van der Waals surface area contributed by atoms with Crippen LogP contribution in [-0.4, -0.2) is 55.2 Å². The summed E-state index contributed by atoms with van der Waals surface area (Å²) in [4.78, 5) is 19.1. The summed E-state index contributed by atoms with van der Waals surface area (Å²) in [5.74, 6) is 0.871. The van der Waals surface area contributed by atoms with Crippen LogP contribution in [0.2, 0.25) is 0 Å². The topological polar surface area (TPSA) is 54.5 Å². The number of morpholine rings is 1. The highest BCUT2D eigenvalue weighted by atomic mass is 32.2. The molecule has 0 aliphatic carbocycles. The van der Waals surface area contributed by atoms with E-state index < -0.39 is 0 Å². The van der Waals surface area contributed by atoms with Gasteiger partial charge in [-0.3, -0.25) is 9.69 Å². The molecule has 5 nitrogen and oxygen atoms in total. The number of thiazole rings is 1. The highest BCUT2D eigenvalue weighted by Crippen LogP contribution is 2.26. The summed E-state index contributed by atoms with van der Waals surface area (Å²) in [7, 11) is 0. The number of thioether (sulfide) groups is 1. The van der Waals surface area contributed by atoms with Crippen molar-refractivity contribution >= 4 is 29.0 Å². The Morgan fingerprint density at radius 1 is 1.31 bits per heavy atom. The second-order valence-corrected chi connectivity index (χ2v) is 8.38. The zero-order chi connectivity index (χ0) is 18.2. The van der Waals surface area contributed by atoms with E-state index in [0.717, 1.165) is 60.6 Å². The Hall–Kier alpha value is -1.41. The molecule has 1 N–H and O–H groups in total. The van der Waals surface area contributed by atoms with Crippen LogP contribution < -0.4 is 5.32 Å². The molecule has 7 heteroatoms. The average molecular weight is 392 g/mol. The molecule has 140 valence electrons. The van der Waals surface area contributed by atoms with Crippen molar-refractivity contribution in [2.24, 2.45) is 0 Å². The van der Waals surface area contributed by atoms with Gasteiger partial charge in [0.1, 0.15) is 4.34 Å². The lowest BCUT2D eigenvalue weighted by atomic mass is 10.1. The molecule has 3 rings (SSSR count). The first-order chi connectivity index (χ1) is 12.7. The molecule has 1 aromatic carbocycles. The van der Waals surface area contributed by atoms with E-state index in [1.165, 1.54) is 5.56 Å². The first-order valence-corrected chi connectivity index (χ1v) is 10.8. The molecular formula is C19H25N3O2S2. The van der Waals surface area contributed by atoms with Crippen molar-refractivity contribution < 1.29 is 9.53 Å². The number of amides is 1. The normalized spacial score (nSPS) is 15.1. The molecule has 0 unspecified atom stereocenters. The minimum absolute atomic E-state index is 0.00160. The molecular weight excluding hydrogens is 366 g/mol. The second kappa shape index (κ2) is 10.1. The number of nitrogens with zero attached hydrogens (tertiary/aromatic N) is 2. The second-order valence-electron chi connectivity index (χ2n) is 6.30. The van der Waals surface area contributed by atoms with Crippen molar-refractivity contribution in [1.29, 1.82) is 0 Å². The summed E-state index contributed by atoms with van der Waals surface area (Å²) in [6.45, 7) is 7.35. The summed E-state index contributed by atoms with van der Waals surface area (Å²) >= 11 is 3.41. The zero-order valence-electron chi connectivity index (χ0n) is 15.1. The van der Waals surface area contributed by atoms with Gasteiger partial charge in [-0.15, -0.1) is 11.3 Å². The minimum atomic E-state index is 0.00160. The minimum Gasteiger partial charge on any atom is -0.379 e. The fourth-order valence-corrected chi connectivity index (χ4v) is 4.53. The number of aromatic nitrogens is 1. The third-order valence-corrected chi connectivity index (χ3v) is 6.43. The molecule has 0 radical (unpaired) electrons. The Kier molecular flexibility index (Phi) is 7.49. The van der Waals surface area contributed by atoms with E-state index in [0.29, 0.717) is 6.54 Å². The Morgan fingerprint density at radius 3 is 2.77 bits per heavy atom. The van der Waals surface area contributed by atoms with Crippen LogP contribution in [0.5, 0.6) is 0 Å². The van der Waals surface area contributed by atoms with Gasteiger partial charge in [0, 0.05) is 42.0 Å². The number of carbonyl (C=O) groups is 1. The van der Waals surface area contributed by atoms with Crippen LogP contribution in [0.25, 0.3) is 0 Å². The molecule has 1 fully saturated rings. The highest BCUT2D eigenvalue weighted by Gasteiger charge is 2.10. The lowest BCUT2D eigenvalue weighted by Gasteiger charge is -2.26. The maximum absolute atomic E-state index is 12.2. The Balaban J connectivity index is 1.37. The Bertz CT molecular complexity index is 697. The molecule has 0 spiro atoms. The first kappa shape index (κ1) is 19.4. The van der Waals surface area contributed by atoms with Crippen molar-refractivity contribution in [2.45, 2.75) is 23.4 Å². The van der Waals surface area contributed by atoms with Gasteiger partial charge in [0.25, 0.3) is 5.91 Å². The van der Waals surface area contributed by atoms with Gasteiger partial charge in [0.15, 0.2) is 0 Å². The van der Waals surface area contributed by atoms with Gasteiger partial charge in [0.05, 0.1) is 13.2 Å². The molecule has 2 heterocycles. The van der Waals surface area contributed by atoms with Gasteiger partial charge in [-0.2, -0.15) is 0 Å². The number of hydrogen-bond donors (Lipinski definition) is 1. The highest BCUT2D eigenvalue weighted by molar-refractivity contribution is 8.00. The first-order valence-electron chi connectivity index (χ1n) is 8.93. The van der Waals surface area contributed by atoms with Crippen molar-refractivity contribution in [2.75, 3.05) is 39.4 Å². The van der Waals surface area contributed by atoms with Crippen LogP contribution >= 0.6 is 23.1 Å². The largest absolute Gasteiger partial charge is 0.379 e. The summed E-state index contributed by atoms with van der Waals surface area (Å²) < 4.78 is 6.43. The van der Waals surface area contributed by atoms with E-state index in [1.807, 2.05) is 31.2 Å². The molecule has 2 aromatic rings. The lowest BCUT2D eigenvalue weighted by Crippen LogP contribution is -2.38. The SMILES string of the molecule is Cc1csc(SCc2ccc(C(=O)NCCCN3CCOCC3)cc2)n1. The van der Waals surface area contributed by atoms with E-state index in [1.54, 1.807) is 23.1 Å². The number of nitrogens with one attached hydrogen (secondary N) is 1. The monoisotopic (exact) mass is 391 g/mol. The van der Waals surface area contributed by atoms with E-state index in [4.69, 9.17) is 4.74 Å². The third kappa shape index (κ3) is 6.09. The summed E-state index contributed by atoms with van der Waals surface area (Å²) in [5.41, 5.74) is 2.99. The molecule has 1 saturated heterocycles. The van der Waals surface area contributed by atoms with E-state index in [9.17, 15) is 4.79 Å². The maximum atomic E-state index is 12.2. The van der Waals surface area contributed by atoms with Crippen LogP contribution in [0, 0.1) is 6.92 Å². The predicted octanol–water partition coefficient (Wildman–Crippen LogP) is 3.20. The lowest BCUT2D eigenvalue weighted by molar-refractivity contribution is 0.0374. The number of ether oxygens (including phenoxy) is 1. The summed E-state index contributed by atoms with van der Waals surface area (Å²) in [6.07, 6.45) is 0.966. The molecule has 1 aromatic heterocycles. The van der Waals surface area contributed by atoms with Crippen molar-refractivity contribution in [1.82, 2.24) is 15.2 Å². The fraction of sp³-hybridized carbons (Fsp3) is 0.474. The van der Waals surface area contributed by atoms with E-state index in [2.05, 4.69) is 20.6 Å². The number of hydrogen-bond acceptors (Lipinski definition) is 6. The fourth-order valence-electron chi connectivity index (χ4n) is 2.73. The average Bonchev–Trinajstić information content (AvgIpc) is 3.10. The van der Waals surface area contributed by atoms with Gasteiger partial charge < -0.3 is 10.1 Å². The van der Waals surface area contributed by atoms with Gasteiger partial charge >= 0.3 is 0 Å². The molecule has 0 saturated carbocycles. The number of aryl methyl sites for hydroxylation is 1. The van der Waals surface area contributed by atoms with Gasteiger partial charge in [-0.05, 0) is 37.6 Å². The third-order valence-electron chi connectivity index (χ3n) is 4.22. The zero-order valence-corrected chi connectivity index (χ0v) is 16.7. The van der Waals surface area contributed by atoms with Crippen LogP contribution in [0.3, 0.4) is 0 Å². The van der Waals surface area contributed by atoms with Crippen molar-refractivity contribution in [3.05, 3.63) is 46.5 Å². The smallest absolute Gasteiger partial charge is 0.251 e. The standard InChI is InChI=1S/C19H25N3O2S2/c1-15-13-25-19(21-15)26-14-16-3-5-17(6-4-16)18(23)20-7-2-8-22-9-11-24-12-10-22/h3-6,13H,2,7-12,14H2,1H3,(H,20,23). The molecule has 0 bridgehead atoms. The quantitative estimate of drug-likeness (QED) is 0.553. The molecule has 0 atom stereocenters. The van der Waals surface area contributed by atoms with Gasteiger partial charge in [0.2, 0.25) is 0 Å². The molecule has 1 amide bonds. The molecule has 1 aliphatic heterocycles. The summed E-state index contributed by atoms with van der Waals surface area (Å²) in [5, 5.41) is 5.07. The summed E-state index contributed by atoms with van der Waals surface area (Å²) in [6, 6.07) is 7.85. The van der Waals surface area contributed by atoms with Gasteiger partial charge in [-0.1, -0.05) is 23.9 Å². The van der Waals surface area contributed by atoms with E-state index >= 15 is 0 Å². The number of carbonyl (C=O) groups excluding carboxylic acids is 1. The van der Waals surface area contributed by atoms with Crippen molar-refractivity contribution in [3.8, 4) is 0 Å². The van der Waals surface area contributed by atoms with Crippen LogP contribution in [0.4, 0.5) is 0 Å². The maximum Gasteiger partial charge on any atom is 0.251 e. The predicted molar refractivity (Wildman–Crippen MR) is 107 cm³/mol. The van der Waals surface area contributed by atoms with Crippen LogP contribution in [0.15, 0.2) is 34.0 Å². The molecule has 1 aliphatic rings. The Labute approximate surface area is 163 Å². The molecule has 26 heavy (non-hydrogen) atoms. The number of benzene rings is 1. The van der Waals surface area contributed by atoms with Crippen molar-refractivity contribution in [3.63, 3.8) is 0 Å². The van der Waals surface area contributed by atoms with Crippen LogP contribution in [0.1, 0.15) is 28.0 Å². The number of rotatable bonds is 8. The van der Waals surface area contributed by atoms with Crippen LogP contribution in [-0.2, 0) is 10.5 Å².